The van der Waals surface area contributed by atoms with Gasteiger partial charge in [-0.2, -0.15) is 0 Å². The van der Waals surface area contributed by atoms with Gasteiger partial charge in [0.1, 0.15) is 0 Å². The van der Waals surface area contributed by atoms with E-state index in [0.29, 0.717) is 0 Å². The Balaban J connectivity index is 1.81. The van der Waals surface area contributed by atoms with Gasteiger partial charge in [-0.05, 0) is 47.3 Å². The van der Waals surface area contributed by atoms with E-state index in [1.165, 1.54) is 22.3 Å². The Morgan fingerprint density at radius 1 is 0.708 bits per heavy atom. The molecule has 0 aliphatic carbocycles. The van der Waals surface area contributed by atoms with E-state index >= 15 is 0 Å². The predicted molar refractivity (Wildman–Crippen MR) is 111 cm³/mol. The van der Waals surface area contributed by atoms with Crippen LogP contribution in [-0.2, 0) is 6.42 Å². The molecule has 0 aliphatic heterocycles. The van der Waals surface area contributed by atoms with Gasteiger partial charge >= 0.3 is 0 Å². The first-order chi connectivity index (χ1) is 11.8. The first-order valence-electron chi connectivity index (χ1n) is 8.12. The number of hydrogen-bond donors (Lipinski definition) is 0. The van der Waals surface area contributed by atoms with Crippen LogP contribution in [0, 0.1) is 0 Å². The van der Waals surface area contributed by atoms with Crippen molar-refractivity contribution in [1.82, 2.24) is 0 Å². The molecule has 0 amide bonds. The Kier molecular flexibility index (Phi) is 6.41. The zero-order chi connectivity index (χ0) is 16.6. The van der Waals surface area contributed by atoms with Crippen LogP contribution in [-0.4, -0.2) is 6.16 Å². The monoisotopic (exact) mass is 394 g/mol. The maximum Gasteiger partial charge on any atom is -0.00987 e. The molecule has 0 saturated carbocycles. The molecular formula is C22H20BrP. The molecule has 0 saturated heterocycles. The van der Waals surface area contributed by atoms with E-state index in [4.69, 9.17) is 0 Å². The standard InChI is InChI=1S/C22H20BrP/c23-24(17-16-19-10-4-1-5-11-19)18-22(20-12-6-2-7-13-20)21-14-8-3-9-15-21/h1-15,18H,16-17H2. The molecule has 0 radical (unpaired) electrons. The highest BCUT2D eigenvalue weighted by Gasteiger charge is 2.08. The Morgan fingerprint density at radius 3 is 1.67 bits per heavy atom. The van der Waals surface area contributed by atoms with Gasteiger partial charge in [0, 0.05) is 0 Å². The second-order valence-electron chi connectivity index (χ2n) is 5.63. The Bertz CT molecular complexity index is 725. The Hall–Kier alpha value is -1.69. The summed E-state index contributed by atoms with van der Waals surface area (Å²) in [5, 5.41) is 0. The summed E-state index contributed by atoms with van der Waals surface area (Å²) in [6, 6.07) is 32.0. The maximum atomic E-state index is 3.92. The van der Waals surface area contributed by atoms with Crippen molar-refractivity contribution >= 4 is 27.7 Å². The quantitative estimate of drug-likeness (QED) is 0.390. The van der Waals surface area contributed by atoms with Gasteiger partial charge in [0.2, 0.25) is 0 Å². The summed E-state index contributed by atoms with van der Waals surface area (Å²) < 4.78 is 0. The highest BCUT2D eigenvalue weighted by molar-refractivity contribution is 9.39. The van der Waals surface area contributed by atoms with E-state index in [0.717, 1.165) is 12.6 Å². The van der Waals surface area contributed by atoms with Crippen molar-refractivity contribution in [3.63, 3.8) is 0 Å². The van der Waals surface area contributed by atoms with Crippen LogP contribution in [0.4, 0.5) is 0 Å². The molecule has 0 spiro atoms. The second-order valence-corrected chi connectivity index (χ2v) is 9.87. The van der Waals surface area contributed by atoms with Crippen LogP contribution in [0.15, 0.2) is 96.8 Å². The van der Waals surface area contributed by atoms with Gasteiger partial charge in [-0.3, -0.25) is 0 Å². The summed E-state index contributed by atoms with van der Waals surface area (Å²) in [5.74, 6) is 2.41. The van der Waals surface area contributed by atoms with Crippen molar-refractivity contribution in [2.75, 3.05) is 6.16 Å². The van der Waals surface area contributed by atoms with Crippen LogP contribution in [0.25, 0.3) is 5.57 Å². The van der Waals surface area contributed by atoms with Crippen molar-refractivity contribution in [2.24, 2.45) is 0 Å². The number of halogens is 1. The normalized spacial score (nSPS) is 11.7. The zero-order valence-electron chi connectivity index (χ0n) is 13.5. The number of hydrogen-bond acceptors (Lipinski definition) is 0. The summed E-state index contributed by atoms with van der Waals surface area (Å²) in [6.07, 6.45) is 2.24. The first kappa shape index (κ1) is 17.1. The smallest absolute Gasteiger partial charge is 0.00987 e. The Morgan fingerprint density at radius 2 is 1.17 bits per heavy atom. The van der Waals surface area contributed by atoms with Crippen molar-refractivity contribution < 1.29 is 0 Å². The molecule has 0 fully saturated rings. The number of aryl methyl sites for hydroxylation is 1. The predicted octanol–water partition coefficient (Wildman–Crippen LogP) is 7.11. The van der Waals surface area contributed by atoms with Gasteiger partial charge in [0.25, 0.3) is 0 Å². The lowest BCUT2D eigenvalue weighted by Crippen LogP contribution is -1.90. The fourth-order valence-corrected chi connectivity index (χ4v) is 4.96. The molecule has 0 heterocycles. The molecule has 3 aromatic carbocycles. The number of rotatable bonds is 6. The average molecular weight is 395 g/mol. The van der Waals surface area contributed by atoms with Gasteiger partial charge in [-0.15, -0.1) is 0 Å². The van der Waals surface area contributed by atoms with Crippen LogP contribution in [0.2, 0.25) is 0 Å². The zero-order valence-corrected chi connectivity index (χ0v) is 16.0. The fourth-order valence-electron chi connectivity index (χ4n) is 2.64. The highest BCUT2D eigenvalue weighted by Crippen LogP contribution is 2.49. The molecule has 0 aliphatic rings. The molecule has 0 nitrogen and oxygen atoms in total. The minimum absolute atomic E-state index is 0.340. The topological polar surface area (TPSA) is 0 Å². The van der Waals surface area contributed by atoms with Crippen molar-refractivity contribution in [2.45, 2.75) is 6.42 Å². The van der Waals surface area contributed by atoms with E-state index < -0.39 is 0 Å². The minimum atomic E-state index is -0.340. The van der Waals surface area contributed by atoms with Gasteiger partial charge in [-0.1, -0.05) is 106 Å². The summed E-state index contributed by atoms with van der Waals surface area (Å²) in [6.45, 7) is -0.340. The van der Waals surface area contributed by atoms with Gasteiger partial charge in [0.15, 0.2) is 0 Å². The maximum absolute atomic E-state index is 3.92. The van der Waals surface area contributed by atoms with Crippen molar-refractivity contribution in [3.8, 4) is 0 Å². The lowest BCUT2D eigenvalue weighted by Gasteiger charge is -2.12. The molecular weight excluding hydrogens is 375 g/mol. The SMILES string of the molecule is BrP(C=C(c1ccccc1)c1ccccc1)CCc1ccccc1. The third-order valence-corrected chi connectivity index (χ3v) is 6.76. The summed E-state index contributed by atoms with van der Waals surface area (Å²) >= 11 is 3.92. The van der Waals surface area contributed by atoms with Gasteiger partial charge in [-0.25, -0.2) is 0 Å². The molecule has 24 heavy (non-hydrogen) atoms. The van der Waals surface area contributed by atoms with Gasteiger partial charge in [0.05, 0.1) is 0 Å². The fraction of sp³-hybridized carbons (Fsp3) is 0.0909. The minimum Gasteiger partial charge on any atom is -0.0622 e. The molecule has 120 valence electrons. The molecule has 1 atom stereocenters. The van der Waals surface area contributed by atoms with Crippen molar-refractivity contribution in [3.05, 3.63) is 114 Å². The van der Waals surface area contributed by atoms with E-state index in [9.17, 15) is 0 Å². The summed E-state index contributed by atoms with van der Waals surface area (Å²) in [4.78, 5) is 0. The molecule has 2 heteroatoms. The molecule has 1 unspecified atom stereocenters. The molecule has 0 bridgehead atoms. The Labute approximate surface area is 153 Å². The first-order valence-corrected chi connectivity index (χ1v) is 11.7. The summed E-state index contributed by atoms with van der Waals surface area (Å²) in [5.41, 5.74) is 5.26. The van der Waals surface area contributed by atoms with Crippen LogP contribution in [0.3, 0.4) is 0 Å². The third kappa shape index (κ3) is 4.90. The molecule has 0 N–H and O–H groups in total. The lowest BCUT2D eigenvalue weighted by atomic mass is 10.00. The molecule has 3 rings (SSSR count). The molecule has 0 aromatic heterocycles. The van der Waals surface area contributed by atoms with Crippen LogP contribution in [0.5, 0.6) is 0 Å². The van der Waals surface area contributed by atoms with E-state index in [1.807, 2.05) is 0 Å². The van der Waals surface area contributed by atoms with Gasteiger partial charge < -0.3 is 0 Å². The van der Waals surface area contributed by atoms with E-state index in [1.54, 1.807) is 0 Å². The third-order valence-electron chi connectivity index (χ3n) is 3.90. The average Bonchev–Trinajstić information content (AvgIpc) is 2.67. The second kappa shape index (κ2) is 8.97. The van der Waals surface area contributed by atoms with Crippen LogP contribution in [0.1, 0.15) is 16.7 Å². The van der Waals surface area contributed by atoms with Crippen LogP contribution >= 0.6 is 22.1 Å². The molecule has 3 aromatic rings. The highest BCUT2D eigenvalue weighted by atomic mass is 79.9. The number of benzene rings is 3. The van der Waals surface area contributed by atoms with Crippen LogP contribution < -0.4 is 0 Å². The van der Waals surface area contributed by atoms with E-state index in [-0.39, 0.29) is 6.62 Å². The lowest BCUT2D eigenvalue weighted by molar-refractivity contribution is 1.15. The largest absolute Gasteiger partial charge is 0.0622 e. The van der Waals surface area contributed by atoms with E-state index in [2.05, 4.69) is 112 Å². The van der Waals surface area contributed by atoms with Crippen molar-refractivity contribution in [1.29, 1.82) is 0 Å². The summed E-state index contributed by atoms with van der Waals surface area (Å²) in [7, 11) is 0.